The summed E-state index contributed by atoms with van der Waals surface area (Å²) < 4.78 is 41.4. The zero-order valence-electron chi connectivity index (χ0n) is 23.3. The molecule has 14 heteroatoms. The van der Waals surface area contributed by atoms with Gasteiger partial charge in [0.15, 0.2) is 5.79 Å². The van der Waals surface area contributed by atoms with Crippen LogP contribution in [0.15, 0.2) is 53.9 Å². The summed E-state index contributed by atoms with van der Waals surface area (Å²) in [6.45, 7) is -0.387. The Morgan fingerprint density at radius 1 is 1.09 bits per heavy atom. The average Bonchev–Trinajstić information content (AvgIpc) is 3.81. The number of amides is 3. The molecule has 2 saturated heterocycles. The van der Waals surface area contributed by atoms with E-state index in [9.17, 15) is 28.3 Å². The van der Waals surface area contributed by atoms with E-state index < -0.39 is 54.7 Å². The topological polar surface area (TPSA) is 167 Å². The zero-order valence-corrected chi connectivity index (χ0v) is 24.1. The van der Waals surface area contributed by atoms with Gasteiger partial charge in [0.1, 0.15) is 11.9 Å². The molecule has 1 aromatic heterocycles. The molecule has 0 bridgehead atoms. The van der Waals surface area contributed by atoms with E-state index in [1.807, 2.05) is 0 Å². The number of rotatable bonds is 8. The van der Waals surface area contributed by atoms with Crippen molar-refractivity contribution in [3.63, 3.8) is 0 Å². The minimum atomic E-state index is -3.18. The maximum absolute atomic E-state index is 14.9. The Balaban J connectivity index is 1.16. The van der Waals surface area contributed by atoms with E-state index >= 15 is 0 Å². The second-order valence-electron chi connectivity index (χ2n) is 10.8. The predicted molar refractivity (Wildman–Crippen MR) is 155 cm³/mol. The molecule has 2 aliphatic heterocycles. The highest BCUT2D eigenvalue weighted by molar-refractivity contribution is 7.10. The van der Waals surface area contributed by atoms with E-state index in [0.29, 0.717) is 16.0 Å². The highest BCUT2D eigenvalue weighted by Gasteiger charge is 2.52. The van der Waals surface area contributed by atoms with Crippen molar-refractivity contribution in [2.24, 2.45) is 5.73 Å². The summed E-state index contributed by atoms with van der Waals surface area (Å²) in [5.41, 5.74) is 6.36. The number of halogens is 2. The number of carbonyl (C=O) groups excluding carboxylic acids is 3. The molecule has 2 aromatic carbocycles. The van der Waals surface area contributed by atoms with Gasteiger partial charge in [-0.15, -0.1) is 11.3 Å². The predicted octanol–water partition coefficient (Wildman–Crippen LogP) is 2.08. The molecule has 3 heterocycles. The van der Waals surface area contributed by atoms with Crippen LogP contribution >= 0.6 is 11.3 Å². The number of hydrogen-bond donors (Lipinski definition) is 5. The van der Waals surface area contributed by atoms with Gasteiger partial charge in [-0.25, -0.2) is 0 Å². The Kier molecular flexibility index (Phi) is 7.70. The average molecular weight is 626 g/mol. The van der Waals surface area contributed by atoms with E-state index in [0.717, 1.165) is 0 Å². The third-order valence-electron chi connectivity index (χ3n) is 8.08. The van der Waals surface area contributed by atoms with Crippen molar-refractivity contribution < 1.29 is 37.7 Å². The fraction of sp³-hybridized carbons (Fsp3) is 0.333. The van der Waals surface area contributed by atoms with Crippen molar-refractivity contribution >= 4 is 34.9 Å². The van der Waals surface area contributed by atoms with E-state index in [2.05, 4.69) is 10.6 Å². The summed E-state index contributed by atoms with van der Waals surface area (Å²) in [5.74, 6) is -6.29. The van der Waals surface area contributed by atoms with E-state index in [1.165, 1.54) is 46.6 Å². The molecule has 6 rings (SSSR count). The van der Waals surface area contributed by atoms with Crippen LogP contribution in [0, 0.1) is 5.41 Å². The molecule has 230 valence electrons. The van der Waals surface area contributed by atoms with Crippen LogP contribution in [-0.2, 0) is 25.0 Å². The molecule has 1 aliphatic carbocycles. The summed E-state index contributed by atoms with van der Waals surface area (Å²) in [5, 5.41) is 24.5. The van der Waals surface area contributed by atoms with Gasteiger partial charge in [-0.05, 0) is 29.3 Å². The van der Waals surface area contributed by atoms with Gasteiger partial charge in [0.25, 0.3) is 11.8 Å². The van der Waals surface area contributed by atoms with Crippen molar-refractivity contribution in [3.05, 3.63) is 81.0 Å². The fourth-order valence-corrected chi connectivity index (χ4v) is 6.82. The second-order valence-corrected chi connectivity index (χ2v) is 11.8. The third-order valence-corrected chi connectivity index (χ3v) is 9.12. The van der Waals surface area contributed by atoms with Crippen molar-refractivity contribution in [3.8, 4) is 11.1 Å². The molecule has 11 nitrogen and oxygen atoms in total. The van der Waals surface area contributed by atoms with E-state index in [1.54, 1.807) is 23.6 Å². The monoisotopic (exact) mass is 625 g/mol. The van der Waals surface area contributed by atoms with Gasteiger partial charge in [0.2, 0.25) is 11.8 Å². The highest BCUT2D eigenvalue weighted by atomic mass is 32.1. The number of ether oxygens (including phenoxy) is 2. The Labute approximate surface area is 254 Å². The van der Waals surface area contributed by atoms with Gasteiger partial charge in [-0.3, -0.25) is 19.8 Å². The highest BCUT2D eigenvalue weighted by Crippen LogP contribution is 2.51. The second kappa shape index (κ2) is 11.4. The molecular weight excluding hydrogens is 596 g/mol. The van der Waals surface area contributed by atoms with Gasteiger partial charge in [-0.2, -0.15) is 8.78 Å². The number of nitrogens with two attached hydrogens (primary N) is 1. The largest absolute Gasteiger partial charge is 0.394 e. The van der Waals surface area contributed by atoms with Gasteiger partial charge < -0.3 is 35.8 Å². The number of carbonyl (C=O) groups is 3. The number of thiophene rings is 1. The number of nitrogen functional groups attached to an aromatic ring is 1. The number of alkyl halides is 2. The number of hydrogen-bond acceptors (Lipinski definition) is 8. The Hall–Kier alpha value is -4.24. The van der Waals surface area contributed by atoms with Crippen LogP contribution in [0.4, 0.5) is 8.78 Å². The molecule has 0 saturated carbocycles. The molecule has 1 unspecified atom stereocenters. The summed E-state index contributed by atoms with van der Waals surface area (Å²) in [6, 6.07) is 9.76. The first-order valence-corrected chi connectivity index (χ1v) is 14.7. The lowest BCUT2D eigenvalue weighted by atomic mass is 10.0. The smallest absolute Gasteiger partial charge is 0.299 e. The Morgan fingerprint density at radius 3 is 2.52 bits per heavy atom. The van der Waals surface area contributed by atoms with E-state index in [-0.39, 0.29) is 54.3 Å². The Bertz CT molecular complexity index is 1660. The summed E-state index contributed by atoms with van der Waals surface area (Å²) in [6.07, 6.45) is 0.0399. The van der Waals surface area contributed by atoms with Crippen LogP contribution in [0.3, 0.4) is 0 Å². The standard InChI is InChI=1S/C30H29F2N5O6S/c31-30(32)20-4-2-1-3-18(20)19-9-16(5-6-21(19)30)27(40)35-12-25(39)37-15-29(42-7-8-43-29)11-23(37)28(41)36-22(13-38)24-10-17(14-44-24)26(33)34/h1-6,9-10,14,22-23,38H,7-8,11-13,15H2,(H3,33,34)(H,35,40)(H,36,41)/t22-,23?/m1/s1. The molecule has 1 spiro atoms. The molecular formula is C30H29F2N5O6S. The number of aliphatic hydroxyl groups excluding tert-OH is 1. The van der Waals surface area contributed by atoms with Crippen LogP contribution in [0.25, 0.3) is 11.1 Å². The molecule has 3 amide bonds. The fourth-order valence-electron chi connectivity index (χ4n) is 5.87. The first-order valence-electron chi connectivity index (χ1n) is 13.8. The Morgan fingerprint density at radius 2 is 1.82 bits per heavy atom. The van der Waals surface area contributed by atoms with E-state index in [4.69, 9.17) is 20.6 Å². The SMILES string of the molecule is N=C(N)c1csc([C@@H](CO)NC(=O)C2CC3(CN2C(=O)CNC(=O)c2ccc4c(c2)-c2ccccc2C4(F)F)OCCO3)c1. The molecule has 0 radical (unpaired) electrons. The minimum absolute atomic E-state index is 0.0399. The van der Waals surface area contributed by atoms with Crippen LogP contribution in [0.1, 0.15) is 44.4 Å². The normalized spacial score (nSPS) is 19.8. The molecule has 2 fully saturated rings. The third kappa shape index (κ3) is 5.23. The summed E-state index contributed by atoms with van der Waals surface area (Å²) >= 11 is 1.22. The lowest BCUT2D eigenvalue weighted by molar-refractivity contribution is -0.152. The van der Waals surface area contributed by atoms with Gasteiger partial charge in [0, 0.05) is 38.9 Å². The van der Waals surface area contributed by atoms with Crippen molar-refractivity contribution in [2.75, 3.05) is 32.9 Å². The number of benzene rings is 2. The molecule has 6 N–H and O–H groups in total. The zero-order chi connectivity index (χ0) is 31.2. The quantitative estimate of drug-likeness (QED) is 0.189. The van der Waals surface area contributed by atoms with Crippen molar-refractivity contribution in [2.45, 2.75) is 30.2 Å². The number of amidine groups is 1. The number of nitrogens with zero attached hydrogens (tertiary/aromatic N) is 1. The molecule has 3 aliphatic rings. The maximum Gasteiger partial charge on any atom is 0.299 e. The number of aliphatic hydroxyl groups is 1. The first kappa shape index (κ1) is 29.8. The first-order chi connectivity index (χ1) is 21.0. The van der Waals surface area contributed by atoms with Gasteiger partial charge in [-0.1, -0.05) is 30.3 Å². The van der Waals surface area contributed by atoms with Crippen LogP contribution in [-0.4, -0.2) is 78.3 Å². The summed E-state index contributed by atoms with van der Waals surface area (Å²) in [4.78, 5) is 41.8. The molecule has 44 heavy (non-hydrogen) atoms. The lowest BCUT2D eigenvalue weighted by Crippen LogP contribution is -2.50. The maximum atomic E-state index is 14.9. The minimum Gasteiger partial charge on any atom is -0.394 e. The lowest BCUT2D eigenvalue weighted by Gasteiger charge is -2.25. The van der Waals surface area contributed by atoms with Crippen LogP contribution in [0.5, 0.6) is 0 Å². The number of likely N-dealkylation sites (tertiary alicyclic amines) is 1. The van der Waals surface area contributed by atoms with Crippen LogP contribution in [0.2, 0.25) is 0 Å². The van der Waals surface area contributed by atoms with Crippen molar-refractivity contribution in [1.82, 2.24) is 15.5 Å². The number of fused-ring (bicyclic) bond motifs is 3. The van der Waals surface area contributed by atoms with Crippen LogP contribution < -0.4 is 16.4 Å². The number of nitrogens with one attached hydrogen (secondary N) is 3. The van der Waals surface area contributed by atoms with Crippen molar-refractivity contribution in [1.29, 1.82) is 5.41 Å². The summed E-state index contributed by atoms with van der Waals surface area (Å²) in [7, 11) is 0. The van der Waals surface area contributed by atoms with Gasteiger partial charge >= 0.3 is 0 Å². The van der Waals surface area contributed by atoms with Gasteiger partial charge in [0.05, 0.1) is 39.0 Å². The molecule has 2 atom stereocenters. The molecule has 3 aromatic rings.